The minimum atomic E-state index is 0.0280. The Hall–Kier alpha value is -1.61. The van der Waals surface area contributed by atoms with Gasteiger partial charge in [-0.3, -0.25) is 4.79 Å². The van der Waals surface area contributed by atoms with E-state index in [2.05, 4.69) is 64.4 Å². The number of hydrogen-bond acceptors (Lipinski definition) is 2. The van der Waals surface area contributed by atoms with E-state index in [0.717, 1.165) is 24.1 Å². The number of hydrogen-bond donors (Lipinski definition) is 1. The Labute approximate surface area is 162 Å². The Morgan fingerprint density at radius 2 is 1.73 bits per heavy atom. The number of benzene rings is 1. The van der Waals surface area contributed by atoms with Crippen LogP contribution in [0.2, 0.25) is 0 Å². The molecule has 140 valence electrons. The van der Waals surface area contributed by atoms with E-state index in [1.807, 2.05) is 12.1 Å². The Balaban J connectivity index is 1.73. The smallest absolute Gasteiger partial charge is 0.256 e. The molecule has 1 aromatic carbocycles. The van der Waals surface area contributed by atoms with Gasteiger partial charge < -0.3 is 5.32 Å². The van der Waals surface area contributed by atoms with Gasteiger partial charge in [-0.25, -0.2) is 0 Å². The standard InChI is InChI=1S/C23H31NOS/c1-22(2,3)15-7-10-17(11-8-15)24-21(25)19-14-26-20-13-16(23(4,5)6)9-12-18(19)20/h7-8,10-11,14,16H,9,12-13H2,1-6H3,(H,24,25). The van der Waals surface area contributed by atoms with Crippen LogP contribution in [0.25, 0.3) is 0 Å². The highest BCUT2D eigenvalue weighted by molar-refractivity contribution is 7.10. The lowest BCUT2D eigenvalue weighted by Crippen LogP contribution is -2.27. The monoisotopic (exact) mass is 369 g/mol. The van der Waals surface area contributed by atoms with Gasteiger partial charge in [-0.15, -0.1) is 11.3 Å². The zero-order valence-electron chi connectivity index (χ0n) is 16.9. The van der Waals surface area contributed by atoms with Crippen molar-refractivity contribution in [2.75, 3.05) is 5.32 Å². The second kappa shape index (κ2) is 6.84. The van der Waals surface area contributed by atoms with Gasteiger partial charge in [0.15, 0.2) is 0 Å². The van der Waals surface area contributed by atoms with Crippen molar-refractivity contribution in [2.24, 2.45) is 11.3 Å². The number of nitrogens with one attached hydrogen (secondary N) is 1. The molecule has 1 N–H and O–H groups in total. The lowest BCUT2D eigenvalue weighted by Gasteiger charge is -2.34. The number of carbonyl (C=O) groups is 1. The second-order valence-corrected chi connectivity index (χ2v) is 10.6. The molecular formula is C23H31NOS. The predicted octanol–water partition coefficient (Wildman–Crippen LogP) is 6.45. The largest absolute Gasteiger partial charge is 0.322 e. The van der Waals surface area contributed by atoms with Crippen molar-refractivity contribution >= 4 is 22.9 Å². The van der Waals surface area contributed by atoms with E-state index in [9.17, 15) is 4.79 Å². The van der Waals surface area contributed by atoms with Crippen LogP contribution in [0.5, 0.6) is 0 Å². The van der Waals surface area contributed by atoms with Gasteiger partial charge in [0, 0.05) is 15.9 Å². The van der Waals surface area contributed by atoms with Crippen LogP contribution in [0.3, 0.4) is 0 Å². The summed E-state index contributed by atoms with van der Waals surface area (Å²) in [5.41, 5.74) is 4.75. The van der Waals surface area contributed by atoms with Crippen molar-refractivity contribution in [3.8, 4) is 0 Å². The van der Waals surface area contributed by atoms with Crippen molar-refractivity contribution in [3.05, 3.63) is 51.2 Å². The quantitative estimate of drug-likeness (QED) is 0.647. The van der Waals surface area contributed by atoms with Crippen LogP contribution in [0.1, 0.15) is 74.3 Å². The summed E-state index contributed by atoms with van der Waals surface area (Å²) < 4.78 is 0. The molecule has 2 aromatic rings. The molecule has 0 fully saturated rings. The van der Waals surface area contributed by atoms with E-state index in [0.29, 0.717) is 11.3 Å². The molecule has 1 aromatic heterocycles. The Morgan fingerprint density at radius 3 is 2.31 bits per heavy atom. The summed E-state index contributed by atoms with van der Waals surface area (Å²) in [7, 11) is 0. The zero-order chi connectivity index (χ0) is 19.1. The van der Waals surface area contributed by atoms with Crippen molar-refractivity contribution in [1.29, 1.82) is 0 Å². The highest BCUT2D eigenvalue weighted by Crippen LogP contribution is 2.40. The minimum Gasteiger partial charge on any atom is -0.322 e. The maximum atomic E-state index is 12.8. The molecule has 1 heterocycles. The lowest BCUT2D eigenvalue weighted by atomic mass is 9.72. The molecule has 3 heteroatoms. The average Bonchev–Trinajstić information content (AvgIpc) is 2.97. The molecule has 0 radical (unpaired) electrons. The first kappa shape index (κ1) is 19.2. The fraction of sp³-hybridized carbons (Fsp3) is 0.522. The van der Waals surface area contributed by atoms with Crippen LogP contribution < -0.4 is 5.32 Å². The molecule has 1 amide bonds. The average molecular weight is 370 g/mol. The van der Waals surface area contributed by atoms with Gasteiger partial charge in [-0.1, -0.05) is 53.7 Å². The highest BCUT2D eigenvalue weighted by atomic mass is 32.1. The van der Waals surface area contributed by atoms with Crippen molar-refractivity contribution in [1.82, 2.24) is 0 Å². The summed E-state index contributed by atoms with van der Waals surface area (Å²) in [5.74, 6) is 0.731. The Kier molecular flexibility index (Phi) is 5.04. The third kappa shape index (κ3) is 4.03. The summed E-state index contributed by atoms with van der Waals surface area (Å²) in [6.07, 6.45) is 3.30. The van der Waals surface area contributed by atoms with Crippen molar-refractivity contribution in [2.45, 2.75) is 66.2 Å². The molecule has 0 aliphatic heterocycles. The zero-order valence-corrected chi connectivity index (χ0v) is 17.7. The third-order valence-corrected chi connectivity index (χ3v) is 6.68. The molecule has 0 bridgehead atoms. The molecule has 1 aliphatic carbocycles. The first-order valence-electron chi connectivity index (χ1n) is 9.57. The maximum absolute atomic E-state index is 12.8. The molecule has 1 unspecified atom stereocenters. The molecule has 26 heavy (non-hydrogen) atoms. The summed E-state index contributed by atoms with van der Waals surface area (Å²) in [6.45, 7) is 13.6. The fourth-order valence-corrected chi connectivity index (χ4v) is 4.86. The number of thiophene rings is 1. The van der Waals surface area contributed by atoms with E-state index in [4.69, 9.17) is 0 Å². The molecule has 1 atom stereocenters. The number of carbonyl (C=O) groups excluding carboxylic acids is 1. The van der Waals surface area contributed by atoms with Crippen LogP contribution in [0.4, 0.5) is 5.69 Å². The van der Waals surface area contributed by atoms with Gasteiger partial charge in [-0.05, 0) is 59.3 Å². The van der Waals surface area contributed by atoms with Gasteiger partial charge in [0.2, 0.25) is 0 Å². The van der Waals surface area contributed by atoms with Gasteiger partial charge in [-0.2, -0.15) is 0 Å². The van der Waals surface area contributed by atoms with E-state index < -0.39 is 0 Å². The van der Waals surface area contributed by atoms with Gasteiger partial charge in [0.1, 0.15) is 0 Å². The van der Waals surface area contributed by atoms with E-state index in [1.54, 1.807) is 11.3 Å². The third-order valence-electron chi connectivity index (χ3n) is 5.63. The van der Waals surface area contributed by atoms with Crippen molar-refractivity contribution < 1.29 is 4.79 Å². The first-order valence-corrected chi connectivity index (χ1v) is 10.4. The number of anilines is 1. The van der Waals surface area contributed by atoms with E-state index >= 15 is 0 Å². The first-order chi connectivity index (χ1) is 12.1. The number of rotatable bonds is 2. The summed E-state index contributed by atoms with van der Waals surface area (Å²) in [4.78, 5) is 14.2. The van der Waals surface area contributed by atoms with E-state index in [1.165, 1.54) is 22.4 Å². The highest BCUT2D eigenvalue weighted by Gasteiger charge is 2.31. The van der Waals surface area contributed by atoms with Crippen LogP contribution in [-0.4, -0.2) is 5.91 Å². The minimum absolute atomic E-state index is 0.0280. The fourth-order valence-electron chi connectivity index (χ4n) is 3.69. The SMILES string of the molecule is CC(C)(C)c1ccc(NC(=O)c2csc3c2CCC(C(C)(C)C)C3)cc1. The van der Waals surface area contributed by atoms with Crippen LogP contribution in [0, 0.1) is 11.3 Å². The normalized spacial score (nSPS) is 17.7. The number of amides is 1. The van der Waals surface area contributed by atoms with Crippen LogP contribution in [0.15, 0.2) is 29.6 Å². The molecule has 0 saturated carbocycles. The maximum Gasteiger partial charge on any atom is 0.256 e. The summed E-state index contributed by atoms with van der Waals surface area (Å²) >= 11 is 1.76. The molecule has 1 aliphatic rings. The van der Waals surface area contributed by atoms with Crippen LogP contribution >= 0.6 is 11.3 Å². The van der Waals surface area contributed by atoms with Gasteiger partial charge in [0.25, 0.3) is 5.91 Å². The Bertz CT molecular complexity index is 787. The predicted molar refractivity (Wildman–Crippen MR) is 112 cm³/mol. The lowest BCUT2D eigenvalue weighted by molar-refractivity contribution is 0.102. The molecule has 3 rings (SSSR count). The summed E-state index contributed by atoms with van der Waals surface area (Å²) in [6, 6.07) is 8.22. The van der Waals surface area contributed by atoms with Crippen molar-refractivity contribution in [3.63, 3.8) is 0 Å². The second-order valence-electron chi connectivity index (χ2n) is 9.64. The molecule has 0 spiro atoms. The topological polar surface area (TPSA) is 29.1 Å². The van der Waals surface area contributed by atoms with E-state index in [-0.39, 0.29) is 11.3 Å². The van der Waals surface area contributed by atoms with Gasteiger partial charge in [0.05, 0.1) is 5.56 Å². The molecule has 0 saturated heterocycles. The number of fused-ring (bicyclic) bond motifs is 1. The molecule has 2 nitrogen and oxygen atoms in total. The Morgan fingerprint density at radius 1 is 1.08 bits per heavy atom. The summed E-state index contributed by atoms with van der Waals surface area (Å²) in [5, 5.41) is 5.13. The van der Waals surface area contributed by atoms with Crippen LogP contribution in [-0.2, 0) is 18.3 Å². The molecular weight excluding hydrogens is 338 g/mol. The van der Waals surface area contributed by atoms with Gasteiger partial charge >= 0.3 is 0 Å².